The Kier molecular flexibility index (Phi) is 2.43. The van der Waals surface area contributed by atoms with Crippen LogP contribution in [0, 0.1) is 0 Å². The minimum absolute atomic E-state index is 0.311. The minimum Gasteiger partial charge on any atom is -0.463 e. The first-order valence-corrected chi connectivity index (χ1v) is 6.07. The zero-order valence-electron chi connectivity index (χ0n) is 10.3. The molecular formula is C12H17N3O2. The molecular weight excluding hydrogens is 218 g/mol. The van der Waals surface area contributed by atoms with Crippen LogP contribution < -0.4 is 0 Å². The van der Waals surface area contributed by atoms with Crippen LogP contribution in [-0.2, 0) is 17.7 Å². The van der Waals surface area contributed by atoms with Crippen molar-refractivity contribution in [2.75, 3.05) is 20.7 Å². The highest BCUT2D eigenvalue weighted by atomic mass is 16.5. The first kappa shape index (κ1) is 10.8. The van der Waals surface area contributed by atoms with Crippen molar-refractivity contribution >= 4 is 5.97 Å². The van der Waals surface area contributed by atoms with E-state index in [9.17, 15) is 4.79 Å². The van der Waals surface area contributed by atoms with E-state index in [2.05, 4.69) is 21.5 Å². The third-order valence-electron chi connectivity index (χ3n) is 3.52. The number of fused-ring (bicyclic) bond motifs is 1. The Labute approximate surface area is 100 Å². The van der Waals surface area contributed by atoms with Crippen LogP contribution >= 0.6 is 0 Å². The number of hydrogen-bond acceptors (Lipinski definition) is 4. The second-order valence-electron chi connectivity index (χ2n) is 4.91. The first-order valence-electron chi connectivity index (χ1n) is 6.07. The molecule has 2 aliphatic rings. The highest BCUT2D eigenvalue weighted by Crippen LogP contribution is 2.39. The topological polar surface area (TPSA) is 47.4 Å². The smallest absolute Gasteiger partial charge is 0.374 e. The van der Waals surface area contributed by atoms with Gasteiger partial charge in [-0.2, -0.15) is 0 Å². The number of carbonyl (C=O) groups is 1. The van der Waals surface area contributed by atoms with E-state index in [1.807, 2.05) is 0 Å². The van der Waals surface area contributed by atoms with Gasteiger partial charge in [-0.1, -0.05) is 0 Å². The molecule has 0 bridgehead atoms. The molecule has 1 aromatic rings. The third kappa shape index (κ3) is 1.74. The molecule has 0 radical (unpaired) electrons. The summed E-state index contributed by atoms with van der Waals surface area (Å²) in [7, 11) is 3.50. The van der Waals surface area contributed by atoms with E-state index in [-0.39, 0.29) is 5.97 Å². The Balaban J connectivity index is 2.06. The Morgan fingerprint density at radius 2 is 2.24 bits per heavy atom. The van der Waals surface area contributed by atoms with Crippen molar-refractivity contribution in [2.24, 2.45) is 0 Å². The van der Waals surface area contributed by atoms with Gasteiger partial charge in [-0.3, -0.25) is 0 Å². The van der Waals surface area contributed by atoms with Gasteiger partial charge in [0, 0.05) is 31.2 Å². The summed E-state index contributed by atoms with van der Waals surface area (Å²) in [6.45, 7) is 1.87. The van der Waals surface area contributed by atoms with Crippen molar-refractivity contribution in [3.05, 3.63) is 17.2 Å². The number of rotatable bonds is 2. The second kappa shape index (κ2) is 3.84. The summed E-state index contributed by atoms with van der Waals surface area (Å²) in [5.74, 6) is 0.184. The number of likely N-dealkylation sites (N-methyl/N-ethyl adjacent to an activating group) is 1. The van der Waals surface area contributed by atoms with E-state index >= 15 is 0 Å². The molecule has 5 nitrogen and oxygen atoms in total. The molecule has 1 aromatic heterocycles. The lowest BCUT2D eigenvalue weighted by molar-refractivity contribution is 0.0580. The number of esters is 1. The molecule has 5 heteroatoms. The minimum atomic E-state index is -0.311. The SMILES string of the molecule is COC(=O)c1nc2c(n1C1CC1)CCN(C)C2. The van der Waals surface area contributed by atoms with Gasteiger partial charge in [0.25, 0.3) is 0 Å². The highest BCUT2D eigenvalue weighted by molar-refractivity contribution is 5.86. The van der Waals surface area contributed by atoms with Crippen molar-refractivity contribution in [3.63, 3.8) is 0 Å². The number of imidazole rings is 1. The zero-order chi connectivity index (χ0) is 12.0. The molecule has 0 N–H and O–H groups in total. The molecule has 3 rings (SSSR count). The van der Waals surface area contributed by atoms with Crippen LogP contribution in [0.3, 0.4) is 0 Å². The quantitative estimate of drug-likeness (QED) is 0.717. The molecule has 0 spiro atoms. The molecule has 1 saturated carbocycles. The molecule has 0 aromatic carbocycles. The normalized spacial score (nSPS) is 20.1. The van der Waals surface area contributed by atoms with Gasteiger partial charge in [0.2, 0.25) is 5.82 Å². The van der Waals surface area contributed by atoms with E-state index in [4.69, 9.17) is 4.74 Å². The van der Waals surface area contributed by atoms with E-state index < -0.39 is 0 Å². The molecule has 0 unspecified atom stereocenters. The van der Waals surface area contributed by atoms with Crippen LogP contribution in [0.1, 0.15) is 40.9 Å². The Bertz CT molecular complexity index is 463. The predicted octanol–water partition coefficient (Wildman–Crippen LogP) is 0.992. The van der Waals surface area contributed by atoms with Crippen LogP contribution in [0.15, 0.2) is 0 Å². The van der Waals surface area contributed by atoms with Crippen molar-refractivity contribution in [2.45, 2.75) is 31.8 Å². The Morgan fingerprint density at radius 1 is 1.47 bits per heavy atom. The second-order valence-corrected chi connectivity index (χ2v) is 4.91. The molecule has 1 aliphatic carbocycles. The monoisotopic (exact) mass is 235 g/mol. The zero-order valence-corrected chi connectivity index (χ0v) is 10.3. The molecule has 92 valence electrons. The van der Waals surface area contributed by atoms with Gasteiger partial charge in [-0.15, -0.1) is 0 Å². The van der Waals surface area contributed by atoms with Crippen molar-refractivity contribution in [1.29, 1.82) is 0 Å². The maximum Gasteiger partial charge on any atom is 0.374 e. The summed E-state index contributed by atoms with van der Waals surface area (Å²) in [6, 6.07) is 0.476. The Morgan fingerprint density at radius 3 is 2.88 bits per heavy atom. The summed E-state index contributed by atoms with van der Waals surface area (Å²) in [5.41, 5.74) is 2.29. The average molecular weight is 235 g/mol. The van der Waals surface area contributed by atoms with Crippen LogP contribution in [0.4, 0.5) is 0 Å². The standard InChI is InChI=1S/C12H17N3O2/c1-14-6-5-10-9(7-14)13-11(12(16)17-2)15(10)8-3-4-8/h8H,3-7H2,1-2H3. The van der Waals surface area contributed by atoms with Gasteiger partial charge >= 0.3 is 5.97 Å². The highest BCUT2D eigenvalue weighted by Gasteiger charge is 2.34. The lowest BCUT2D eigenvalue weighted by Crippen LogP contribution is -2.27. The van der Waals surface area contributed by atoms with Crippen LogP contribution in [-0.4, -0.2) is 41.1 Å². The van der Waals surface area contributed by atoms with Crippen molar-refractivity contribution in [1.82, 2.24) is 14.5 Å². The summed E-state index contributed by atoms with van der Waals surface area (Å²) >= 11 is 0. The first-order chi connectivity index (χ1) is 8.20. The fourth-order valence-corrected chi connectivity index (χ4v) is 2.50. The van der Waals surface area contributed by atoms with E-state index in [0.29, 0.717) is 11.9 Å². The van der Waals surface area contributed by atoms with Gasteiger partial charge in [0.15, 0.2) is 0 Å². The number of hydrogen-bond donors (Lipinski definition) is 0. The van der Waals surface area contributed by atoms with Gasteiger partial charge in [0.05, 0.1) is 12.8 Å². The van der Waals surface area contributed by atoms with Crippen LogP contribution in [0.5, 0.6) is 0 Å². The largest absolute Gasteiger partial charge is 0.463 e. The van der Waals surface area contributed by atoms with Crippen molar-refractivity contribution < 1.29 is 9.53 Å². The average Bonchev–Trinajstić information content (AvgIpc) is 3.09. The molecule has 1 fully saturated rings. The number of ether oxygens (including phenoxy) is 1. The van der Waals surface area contributed by atoms with E-state index in [1.165, 1.54) is 12.8 Å². The van der Waals surface area contributed by atoms with Crippen molar-refractivity contribution in [3.8, 4) is 0 Å². The summed E-state index contributed by atoms with van der Waals surface area (Å²) in [4.78, 5) is 18.5. The fourth-order valence-electron chi connectivity index (χ4n) is 2.50. The number of aromatic nitrogens is 2. The maximum absolute atomic E-state index is 11.7. The predicted molar refractivity (Wildman–Crippen MR) is 61.9 cm³/mol. The molecule has 0 atom stereocenters. The Hall–Kier alpha value is -1.36. The molecule has 2 heterocycles. The van der Waals surface area contributed by atoms with Crippen LogP contribution in [0.2, 0.25) is 0 Å². The van der Waals surface area contributed by atoms with E-state index in [1.54, 1.807) is 0 Å². The summed E-state index contributed by atoms with van der Waals surface area (Å²) in [5, 5.41) is 0. The van der Waals surface area contributed by atoms with E-state index in [0.717, 1.165) is 38.0 Å². The fraction of sp³-hybridized carbons (Fsp3) is 0.667. The van der Waals surface area contributed by atoms with Gasteiger partial charge in [0.1, 0.15) is 0 Å². The number of carbonyl (C=O) groups excluding carboxylic acids is 1. The lowest BCUT2D eigenvalue weighted by atomic mass is 10.1. The van der Waals surface area contributed by atoms with Gasteiger partial charge in [-0.05, 0) is 19.9 Å². The maximum atomic E-state index is 11.7. The third-order valence-corrected chi connectivity index (χ3v) is 3.52. The number of methoxy groups -OCH3 is 1. The molecule has 1 aliphatic heterocycles. The summed E-state index contributed by atoms with van der Waals surface area (Å²) < 4.78 is 6.94. The molecule has 0 saturated heterocycles. The van der Waals surface area contributed by atoms with Gasteiger partial charge < -0.3 is 14.2 Å². The summed E-state index contributed by atoms with van der Waals surface area (Å²) in [6.07, 6.45) is 3.29. The molecule has 17 heavy (non-hydrogen) atoms. The number of nitrogens with zero attached hydrogens (tertiary/aromatic N) is 3. The van der Waals surface area contributed by atoms with Gasteiger partial charge in [-0.25, -0.2) is 9.78 Å². The van der Waals surface area contributed by atoms with Crippen LogP contribution in [0.25, 0.3) is 0 Å². The molecule has 0 amide bonds. The lowest BCUT2D eigenvalue weighted by Gasteiger charge is -2.22.